The molecule has 0 aromatic heterocycles. The van der Waals surface area contributed by atoms with Crippen LogP contribution in [0.2, 0.25) is 0 Å². The first-order chi connectivity index (χ1) is 10.1. The Bertz CT molecular complexity index is 622. The molecule has 2 rings (SSSR count). The van der Waals surface area contributed by atoms with Crippen LogP contribution in [-0.4, -0.2) is 30.9 Å². The summed E-state index contributed by atoms with van der Waals surface area (Å²) in [6.07, 6.45) is 3.28. The summed E-state index contributed by atoms with van der Waals surface area (Å²) < 4.78 is 10.3. The normalized spacial score (nSPS) is 14.9. The van der Waals surface area contributed by atoms with Gasteiger partial charge in [-0.05, 0) is 23.8 Å². The molecule has 0 aliphatic heterocycles. The summed E-state index contributed by atoms with van der Waals surface area (Å²) in [4.78, 5) is 23.0. The summed E-state index contributed by atoms with van der Waals surface area (Å²) in [5, 5.41) is 9.87. The predicted molar refractivity (Wildman–Crippen MR) is 77.5 cm³/mol. The maximum Gasteiger partial charge on any atom is 0.170 e. The van der Waals surface area contributed by atoms with E-state index in [1.54, 1.807) is 31.4 Å². The van der Waals surface area contributed by atoms with Crippen LogP contribution in [0.4, 0.5) is 0 Å². The van der Waals surface area contributed by atoms with E-state index in [9.17, 15) is 14.7 Å². The lowest BCUT2D eigenvalue weighted by Crippen LogP contribution is -2.03. The zero-order valence-corrected chi connectivity index (χ0v) is 11.9. The van der Waals surface area contributed by atoms with Crippen molar-refractivity contribution in [3.05, 3.63) is 41.2 Å². The van der Waals surface area contributed by atoms with E-state index in [2.05, 4.69) is 0 Å². The van der Waals surface area contributed by atoms with Crippen LogP contribution < -0.4 is 9.47 Å². The Morgan fingerprint density at radius 2 is 1.71 bits per heavy atom. The number of carbonyl (C=O) groups is 2. The number of methoxy groups -OCH3 is 2. The fourth-order valence-electron chi connectivity index (χ4n) is 2.13. The molecule has 0 atom stereocenters. The first kappa shape index (κ1) is 14.8. The highest BCUT2D eigenvalue weighted by molar-refractivity contribution is 6.25. The van der Waals surface area contributed by atoms with E-state index >= 15 is 0 Å². The summed E-state index contributed by atoms with van der Waals surface area (Å²) in [6.45, 7) is 0. The second-order valence-corrected chi connectivity index (χ2v) is 4.55. The molecule has 110 valence electrons. The standard InChI is InChI=1S/C16H16O5/c1-20-14-8-4-10(9-15(14)21-2)3-5-11(17)16-12(18)6-7-13(16)19/h3-5,8-9,17H,6-7H2,1-2H3/b5-3+. The Morgan fingerprint density at radius 3 is 2.29 bits per heavy atom. The van der Waals surface area contributed by atoms with Crippen molar-refractivity contribution in [1.29, 1.82) is 0 Å². The minimum Gasteiger partial charge on any atom is -0.507 e. The molecule has 5 heteroatoms. The monoisotopic (exact) mass is 288 g/mol. The fraction of sp³-hybridized carbons (Fsp3) is 0.250. The minimum atomic E-state index is -0.311. The highest BCUT2D eigenvalue weighted by atomic mass is 16.5. The Labute approximate surface area is 122 Å². The fourth-order valence-corrected chi connectivity index (χ4v) is 2.13. The van der Waals surface area contributed by atoms with Gasteiger partial charge in [-0.3, -0.25) is 9.59 Å². The maximum atomic E-state index is 11.5. The maximum absolute atomic E-state index is 11.5. The molecule has 1 aliphatic rings. The number of ketones is 2. The Kier molecular flexibility index (Phi) is 4.42. The zero-order valence-electron chi connectivity index (χ0n) is 11.9. The lowest BCUT2D eigenvalue weighted by molar-refractivity contribution is -0.116. The average Bonchev–Trinajstić information content (AvgIpc) is 2.83. The van der Waals surface area contributed by atoms with Crippen LogP contribution in [0, 0.1) is 0 Å². The van der Waals surface area contributed by atoms with Crippen molar-refractivity contribution in [3.8, 4) is 11.5 Å². The summed E-state index contributed by atoms with van der Waals surface area (Å²) in [5.41, 5.74) is 0.643. The number of ether oxygens (including phenoxy) is 2. The quantitative estimate of drug-likeness (QED) is 0.523. The van der Waals surface area contributed by atoms with E-state index in [-0.39, 0.29) is 35.7 Å². The molecule has 0 radical (unpaired) electrons. The van der Waals surface area contributed by atoms with E-state index in [0.29, 0.717) is 11.5 Å². The number of allylic oxidation sites excluding steroid dienone is 2. The van der Waals surface area contributed by atoms with Crippen molar-refractivity contribution in [2.24, 2.45) is 0 Å². The van der Waals surface area contributed by atoms with Gasteiger partial charge < -0.3 is 14.6 Å². The van der Waals surface area contributed by atoms with E-state index in [0.717, 1.165) is 5.56 Å². The summed E-state index contributed by atoms with van der Waals surface area (Å²) in [7, 11) is 3.07. The van der Waals surface area contributed by atoms with Gasteiger partial charge in [-0.25, -0.2) is 0 Å². The van der Waals surface area contributed by atoms with Crippen LogP contribution in [0.15, 0.2) is 35.6 Å². The molecule has 1 aliphatic carbocycles. The number of benzene rings is 1. The van der Waals surface area contributed by atoms with Gasteiger partial charge in [-0.15, -0.1) is 0 Å². The van der Waals surface area contributed by atoms with Crippen molar-refractivity contribution in [2.45, 2.75) is 12.8 Å². The molecule has 0 spiro atoms. The highest BCUT2D eigenvalue weighted by Crippen LogP contribution is 2.28. The largest absolute Gasteiger partial charge is 0.507 e. The van der Waals surface area contributed by atoms with Gasteiger partial charge in [-0.2, -0.15) is 0 Å². The van der Waals surface area contributed by atoms with Crippen molar-refractivity contribution >= 4 is 17.6 Å². The molecule has 0 saturated heterocycles. The molecule has 0 unspecified atom stereocenters. The molecule has 1 aromatic rings. The van der Waals surface area contributed by atoms with E-state index in [1.807, 2.05) is 0 Å². The lowest BCUT2D eigenvalue weighted by Gasteiger charge is -2.07. The molecule has 1 saturated carbocycles. The van der Waals surface area contributed by atoms with Gasteiger partial charge in [0, 0.05) is 12.8 Å². The van der Waals surface area contributed by atoms with E-state index in [1.165, 1.54) is 13.2 Å². The zero-order chi connectivity index (χ0) is 15.4. The predicted octanol–water partition coefficient (Wildman–Crippen LogP) is 2.46. The van der Waals surface area contributed by atoms with Crippen molar-refractivity contribution in [2.75, 3.05) is 14.2 Å². The molecule has 0 heterocycles. The van der Waals surface area contributed by atoms with Crippen LogP contribution in [0.5, 0.6) is 11.5 Å². The molecule has 1 aromatic carbocycles. The minimum absolute atomic E-state index is 0.105. The number of hydrogen-bond acceptors (Lipinski definition) is 5. The molecule has 5 nitrogen and oxygen atoms in total. The van der Waals surface area contributed by atoms with Crippen LogP contribution in [-0.2, 0) is 9.59 Å². The smallest absolute Gasteiger partial charge is 0.170 e. The molecule has 1 fully saturated rings. The number of aliphatic hydroxyl groups is 1. The second-order valence-electron chi connectivity index (χ2n) is 4.55. The third-order valence-corrected chi connectivity index (χ3v) is 3.23. The highest BCUT2D eigenvalue weighted by Gasteiger charge is 2.28. The summed E-state index contributed by atoms with van der Waals surface area (Å²) in [6, 6.07) is 5.23. The van der Waals surface area contributed by atoms with E-state index in [4.69, 9.17) is 9.47 Å². The Balaban J connectivity index is 2.27. The topological polar surface area (TPSA) is 72.8 Å². The van der Waals surface area contributed by atoms with Crippen molar-refractivity contribution in [1.82, 2.24) is 0 Å². The Morgan fingerprint density at radius 1 is 1.10 bits per heavy atom. The van der Waals surface area contributed by atoms with Gasteiger partial charge in [0.25, 0.3) is 0 Å². The average molecular weight is 288 g/mol. The second kappa shape index (κ2) is 6.26. The summed E-state index contributed by atoms with van der Waals surface area (Å²) >= 11 is 0. The van der Waals surface area contributed by atoms with Gasteiger partial charge in [0.15, 0.2) is 23.1 Å². The van der Waals surface area contributed by atoms with Gasteiger partial charge in [0.2, 0.25) is 0 Å². The number of aliphatic hydroxyl groups excluding tert-OH is 1. The van der Waals surface area contributed by atoms with Crippen LogP contribution in [0.1, 0.15) is 18.4 Å². The molecular weight excluding hydrogens is 272 g/mol. The molecule has 1 N–H and O–H groups in total. The molecule has 0 bridgehead atoms. The van der Waals surface area contributed by atoms with E-state index < -0.39 is 0 Å². The number of carbonyl (C=O) groups excluding carboxylic acids is 2. The van der Waals surface area contributed by atoms with Crippen molar-refractivity contribution < 1.29 is 24.2 Å². The number of Topliss-reactive ketones (excluding diaryl/α,β-unsaturated/α-hetero) is 2. The summed E-state index contributed by atoms with van der Waals surface area (Å²) in [5.74, 6) is 0.236. The first-order valence-corrected chi connectivity index (χ1v) is 6.46. The van der Waals surface area contributed by atoms with Gasteiger partial charge >= 0.3 is 0 Å². The molecular formula is C16H16O5. The molecule has 0 amide bonds. The lowest BCUT2D eigenvalue weighted by atomic mass is 10.1. The Hall–Kier alpha value is -2.56. The van der Waals surface area contributed by atoms with Crippen LogP contribution in [0.3, 0.4) is 0 Å². The van der Waals surface area contributed by atoms with Crippen molar-refractivity contribution in [3.63, 3.8) is 0 Å². The number of hydrogen-bond donors (Lipinski definition) is 1. The first-order valence-electron chi connectivity index (χ1n) is 6.46. The third kappa shape index (κ3) is 3.13. The van der Waals surface area contributed by atoms with Gasteiger partial charge in [-0.1, -0.05) is 12.1 Å². The van der Waals surface area contributed by atoms with Gasteiger partial charge in [0.05, 0.1) is 14.2 Å². The van der Waals surface area contributed by atoms with Crippen LogP contribution >= 0.6 is 0 Å². The third-order valence-electron chi connectivity index (χ3n) is 3.23. The number of rotatable bonds is 4. The SMILES string of the molecule is COc1ccc(/C=C/C(O)=C2C(=O)CCC2=O)cc1OC. The van der Waals surface area contributed by atoms with Gasteiger partial charge in [0.1, 0.15) is 11.3 Å². The molecule has 21 heavy (non-hydrogen) atoms. The van der Waals surface area contributed by atoms with Crippen LogP contribution in [0.25, 0.3) is 6.08 Å².